The predicted octanol–water partition coefficient (Wildman–Crippen LogP) is 7.03. The molecule has 4 nitrogen and oxygen atoms in total. The highest BCUT2D eigenvalue weighted by molar-refractivity contribution is 5.92. The number of hydrogen-bond donors (Lipinski definition) is 0. The fourth-order valence-electron chi connectivity index (χ4n) is 4.20. The molecule has 1 aromatic heterocycles. The van der Waals surface area contributed by atoms with Gasteiger partial charge in [-0.2, -0.15) is 0 Å². The van der Waals surface area contributed by atoms with Crippen LogP contribution in [0.5, 0.6) is 5.75 Å². The lowest BCUT2D eigenvalue weighted by atomic mass is 10.0. The molecule has 0 bridgehead atoms. The van der Waals surface area contributed by atoms with Gasteiger partial charge in [-0.3, -0.25) is 0 Å². The van der Waals surface area contributed by atoms with E-state index in [0.29, 0.717) is 18.8 Å². The number of hydrogen-bond acceptors (Lipinski definition) is 3. The Kier molecular flexibility index (Phi) is 6.55. The first kappa shape index (κ1) is 23.0. The first-order valence-corrected chi connectivity index (χ1v) is 11.8. The van der Waals surface area contributed by atoms with Crippen molar-refractivity contribution < 1.29 is 14.3 Å². The molecule has 0 aliphatic rings. The molecule has 0 spiro atoms. The molecule has 0 aliphatic carbocycles. The van der Waals surface area contributed by atoms with Crippen LogP contribution in [0.15, 0.2) is 103 Å². The lowest BCUT2D eigenvalue weighted by Crippen LogP contribution is -2.04. The Hall–Kier alpha value is -4.75. The van der Waals surface area contributed by atoms with Crippen LogP contribution in [0.2, 0.25) is 0 Å². The molecule has 0 fully saturated rings. The molecule has 0 aliphatic heterocycles. The Morgan fingerprint density at radius 1 is 0.889 bits per heavy atom. The van der Waals surface area contributed by atoms with E-state index in [1.165, 1.54) is 0 Å². The molecule has 1 heterocycles. The van der Waals surface area contributed by atoms with Gasteiger partial charge in [-0.25, -0.2) is 4.79 Å². The van der Waals surface area contributed by atoms with E-state index in [4.69, 9.17) is 15.9 Å². The minimum Gasteiger partial charge on any atom is -0.489 e. The number of carbonyl (C=O) groups is 1. The zero-order valence-electron chi connectivity index (χ0n) is 20.0. The molecule has 0 unspecified atom stereocenters. The average Bonchev–Trinajstić information content (AvgIpc) is 3.31. The summed E-state index contributed by atoms with van der Waals surface area (Å²) in [6.07, 6.45) is 7.81. The lowest BCUT2D eigenvalue weighted by molar-refractivity contribution is 0.0526. The predicted molar refractivity (Wildman–Crippen MR) is 143 cm³/mol. The molecule has 36 heavy (non-hydrogen) atoms. The molecular formula is C32H25NO3. The Balaban J connectivity index is 1.40. The molecule has 0 atom stereocenters. The molecular weight excluding hydrogens is 446 g/mol. The summed E-state index contributed by atoms with van der Waals surface area (Å²) in [6, 6.07) is 31.8. The first-order valence-electron chi connectivity index (χ1n) is 11.8. The summed E-state index contributed by atoms with van der Waals surface area (Å²) in [5, 5.41) is 0.994. The maximum absolute atomic E-state index is 12.0. The van der Waals surface area contributed by atoms with E-state index in [1.807, 2.05) is 65.4 Å². The van der Waals surface area contributed by atoms with Crippen molar-refractivity contribution in [3.8, 4) is 34.9 Å². The van der Waals surface area contributed by atoms with Crippen LogP contribution in [0.1, 0.15) is 28.4 Å². The van der Waals surface area contributed by atoms with E-state index >= 15 is 0 Å². The molecule has 5 rings (SSSR count). The number of benzene rings is 4. The average molecular weight is 472 g/mol. The number of carbonyl (C=O) groups excluding carboxylic acids is 1. The van der Waals surface area contributed by atoms with Gasteiger partial charge in [-0.05, 0) is 72.1 Å². The van der Waals surface area contributed by atoms with E-state index in [-0.39, 0.29) is 5.97 Å². The van der Waals surface area contributed by atoms with E-state index in [9.17, 15) is 4.79 Å². The molecule has 4 heteroatoms. The third-order valence-corrected chi connectivity index (χ3v) is 6.05. The van der Waals surface area contributed by atoms with Crippen molar-refractivity contribution in [2.45, 2.75) is 13.5 Å². The zero-order valence-corrected chi connectivity index (χ0v) is 20.0. The molecule has 5 aromatic rings. The fourth-order valence-corrected chi connectivity index (χ4v) is 4.20. The fraction of sp³-hybridized carbons (Fsp3) is 0.0938. The van der Waals surface area contributed by atoms with Crippen LogP contribution >= 0.6 is 0 Å². The maximum Gasteiger partial charge on any atom is 0.338 e. The normalized spacial score (nSPS) is 10.7. The summed E-state index contributed by atoms with van der Waals surface area (Å²) in [7, 11) is 0. The summed E-state index contributed by atoms with van der Waals surface area (Å²) in [5.41, 5.74) is 6.54. The highest BCUT2D eigenvalue weighted by Crippen LogP contribution is 2.31. The summed E-state index contributed by atoms with van der Waals surface area (Å²) in [5.74, 6) is 3.31. The topological polar surface area (TPSA) is 40.5 Å². The second-order valence-corrected chi connectivity index (χ2v) is 8.36. The first-order chi connectivity index (χ1) is 17.7. The molecule has 176 valence electrons. The highest BCUT2D eigenvalue weighted by atomic mass is 16.5. The van der Waals surface area contributed by atoms with Gasteiger partial charge in [0.2, 0.25) is 0 Å². The van der Waals surface area contributed by atoms with E-state index < -0.39 is 0 Å². The maximum atomic E-state index is 12.0. The van der Waals surface area contributed by atoms with Gasteiger partial charge in [0.05, 0.1) is 23.3 Å². The standard InChI is InChI=1S/C32H25NO3/c1-3-24-21-33(28-15-10-26(11-16-28)32(34)35-4-2)31-19-14-27(20-30(24)31)25-12-17-29(18-13-25)36-22-23-8-6-5-7-9-23/h1,5-21H,4,22H2,2H3. The quantitative estimate of drug-likeness (QED) is 0.189. The van der Waals surface area contributed by atoms with E-state index in [0.717, 1.165) is 44.6 Å². The summed E-state index contributed by atoms with van der Waals surface area (Å²) in [4.78, 5) is 12.0. The van der Waals surface area contributed by atoms with Crippen molar-refractivity contribution >= 4 is 16.9 Å². The molecule has 0 amide bonds. The van der Waals surface area contributed by atoms with Gasteiger partial charge in [-0.1, -0.05) is 54.5 Å². The van der Waals surface area contributed by atoms with Gasteiger partial charge in [0.1, 0.15) is 12.4 Å². The Morgan fingerprint density at radius 3 is 2.31 bits per heavy atom. The molecule has 0 radical (unpaired) electrons. The minimum atomic E-state index is -0.327. The number of terminal acetylenes is 1. The molecule has 4 aromatic carbocycles. The van der Waals surface area contributed by atoms with E-state index in [2.05, 4.69) is 36.3 Å². The number of aromatic nitrogens is 1. The zero-order chi connectivity index (χ0) is 24.9. The van der Waals surface area contributed by atoms with Crippen LogP contribution in [-0.2, 0) is 11.3 Å². The number of esters is 1. The Morgan fingerprint density at radius 2 is 1.61 bits per heavy atom. The van der Waals surface area contributed by atoms with Gasteiger partial charge in [0.15, 0.2) is 0 Å². The van der Waals surface area contributed by atoms with Crippen molar-refractivity contribution in [3.63, 3.8) is 0 Å². The van der Waals surface area contributed by atoms with Crippen LogP contribution in [-0.4, -0.2) is 17.1 Å². The van der Waals surface area contributed by atoms with Crippen molar-refractivity contribution in [3.05, 3.63) is 120 Å². The van der Waals surface area contributed by atoms with Gasteiger partial charge < -0.3 is 14.0 Å². The van der Waals surface area contributed by atoms with Crippen molar-refractivity contribution in [1.82, 2.24) is 4.57 Å². The lowest BCUT2D eigenvalue weighted by Gasteiger charge is -2.09. The second kappa shape index (κ2) is 10.2. The third kappa shape index (κ3) is 4.73. The van der Waals surface area contributed by atoms with E-state index in [1.54, 1.807) is 19.1 Å². The number of fused-ring (bicyclic) bond motifs is 1. The van der Waals surface area contributed by atoms with Gasteiger partial charge >= 0.3 is 5.97 Å². The van der Waals surface area contributed by atoms with Crippen LogP contribution in [0.3, 0.4) is 0 Å². The van der Waals surface area contributed by atoms with Gasteiger partial charge in [-0.15, -0.1) is 6.42 Å². The SMILES string of the molecule is C#Cc1cn(-c2ccc(C(=O)OCC)cc2)c2ccc(-c3ccc(OCc4ccccc4)cc3)cc12. The third-order valence-electron chi connectivity index (χ3n) is 6.05. The van der Waals surface area contributed by atoms with Gasteiger partial charge in [0, 0.05) is 17.3 Å². The van der Waals surface area contributed by atoms with Crippen LogP contribution in [0.4, 0.5) is 0 Å². The largest absolute Gasteiger partial charge is 0.489 e. The van der Waals surface area contributed by atoms with Gasteiger partial charge in [0.25, 0.3) is 0 Å². The highest BCUT2D eigenvalue weighted by Gasteiger charge is 2.12. The van der Waals surface area contributed by atoms with Crippen LogP contribution in [0.25, 0.3) is 27.7 Å². The number of ether oxygens (including phenoxy) is 2. The second-order valence-electron chi connectivity index (χ2n) is 8.36. The van der Waals surface area contributed by atoms with Crippen LogP contribution < -0.4 is 4.74 Å². The number of rotatable bonds is 7. The molecule has 0 saturated carbocycles. The Labute approximate surface area is 210 Å². The minimum absolute atomic E-state index is 0.327. The number of nitrogens with zero attached hydrogens (tertiary/aromatic N) is 1. The van der Waals surface area contributed by atoms with Crippen molar-refractivity contribution in [2.24, 2.45) is 0 Å². The Bertz CT molecular complexity index is 1540. The summed E-state index contributed by atoms with van der Waals surface area (Å²) in [6.45, 7) is 2.67. The monoisotopic (exact) mass is 471 g/mol. The van der Waals surface area contributed by atoms with Crippen molar-refractivity contribution in [1.29, 1.82) is 0 Å². The van der Waals surface area contributed by atoms with Crippen molar-refractivity contribution in [2.75, 3.05) is 6.61 Å². The summed E-state index contributed by atoms with van der Waals surface area (Å²) >= 11 is 0. The smallest absolute Gasteiger partial charge is 0.338 e. The summed E-state index contributed by atoms with van der Waals surface area (Å²) < 4.78 is 13.0. The van der Waals surface area contributed by atoms with Crippen LogP contribution in [0, 0.1) is 12.3 Å². The molecule has 0 saturated heterocycles. The molecule has 0 N–H and O–H groups in total.